The molecule has 0 aromatic carbocycles. The molecule has 1 aliphatic rings. The molecule has 0 unspecified atom stereocenters. The summed E-state index contributed by atoms with van der Waals surface area (Å²) in [5.74, 6) is 7.07. The van der Waals surface area contributed by atoms with Crippen molar-refractivity contribution >= 4 is 5.84 Å². The van der Waals surface area contributed by atoms with Crippen LogP contribution < -0.4 is 5.32 Å². The van der Waals surface area contributed by atoms with Crippen LogP contribution in [0.3, 0.4) is 0 Å². The van der Waals surface area contributed by atoms with Gasteiger partial charge in [0.25, 0.3) is 0 Å². The molecule has 0 bridgehead atoms. The van der Waals surface area contributed by atoms with Crippen molar-refractivity contribution in [2.45, 2.75) is 19.8 Å². The Morgan fingerprint density at radius 2 is 2.40 bits per heavy atom. The smallest absolute Gasteiger partial charge is 0.102 e. The Labute approximate surface area is 91.5 Å². The van der Waals surface area contributed by atoms with E-state index in [1.807, 2.05) is 32.3 Å². The van der Waals surface area contributed by atoms with Crippen LogP contribution in [0.25, 0.3) is 0 Å². The third-order valence-corrected chi connectivity index (χ3v) is 1.98. The maximum Gasteiger partial charge on any atom is 0.102 e. The van der Waals surface area contributed by atoms with Gasteiger partial charge in [-0.1, -0.05) is 30.1 Å². The highest BCUT2D eigenvalue weighted by Crippen LogP contribution is 2.09. The average molecular weight is 200 g/mol. The molecular weight excluding hydrogens is 184 g/mol. The van der Waals surface area contributed by atoms with Crippen LogP contribution in [0, 0.1) is 11.8 Å². The van der Waals surface area contributed by atoms with Crippen molar-refractivity contribution in [2.24, 2.45) is 4.99 Å². The third-order valence-electron chi connectivity index (χ3n) is 1.98. The van der Waals surface area contributed by atoms with Gasteiger partial charge >= 0.3 is 0 Å². The summed E-state index contributed by atoms with van der Waals surface area (Å²) in [5.41, 5.74) is 2.10. The Morgan fingerprint density at radius 3 is 2.93 bits per heavy atom. The third kappa shape index (κ3) is 4.33. The lowest BCUT2D eigenvalue weighted by Crippen LogP contribution is -2.19. The zero-order valence-corrected chi connectivity index (χ0v) is 9.30. The highest BCUT2D eigenvalue weighted by atomic mass is 15.0. The van der Waals surface area contributed by atoms with Gasteiger partial charge in [-0.25, -0.2) is 4.99 Å². The molecule has 1 rings (SSSR count). The summed E-state index contributed by atoms with van der Waals surface area (Å²) in [4.78, 5) is 4.24. The largest absolute Gasteiger partial charge is 0.377 e. The zero-order valence-electron chi connectivity index (χ0n) is 9.30. The van der Waals surface area contributed by atoms with Crippen molar-refractivity contribution in [3.8, 4) is 11.8 Å². The molecule has 15 heavy (non-hydrogen) atoms. The number of hydrogen-bond donors (Lipinski definition) is 1. The molecule has 78 valence electrons. The maximum atomic E-state index is 4.24. The van der Waals surface area contributed by atoms with Crippen LogP contribution in [0.2, 0.25) is 0 Å². The van der Waals surface area contributed by atoms with Crippen LogP contribution in [0.1, 0.15) is 19.8 Å². The highest BCUT2D eigenvalue weighted by Gasteiger charge is 2.03. The maximum absolute atomic E-state index is 4.24. The van der Waals surface area contributed by atoms with Crippen molar-refractivity contribution in [3.63, 3.8) is 0 Å². The monoisotopic (exact) mass is 200 g/mol. The van der Waals surface area contributed by atoms with Gasteiger partial charge in [0, 0.05) is 25.2 Å². The van der Waals surface area contributed by atoms with Crippen LogP contribution in [-0.4, -0.2) is 12.9 Å². The fourth-order valence-corrected chi connectivity index (χ4v) is 1.14. The minimum Gasteiger partial charge on any atom is -0.377 e. The van der Waals surface area contributed by atoms with Gasteiger partial charge in [0.2, 0.25) is 0 Å². The molecule has 0 spiro atoms. The lowest BCUT2D eigenvalue weighted by atomic mass is 10.1. The molecule has 0 aromatic rings. The van der Waals surface area contributed by atoms with Crippen molar-refractivity contribution in [2.75, 3.05) is 7.05 Å². The van der Waals surface area contributed by atoms with E-state index in [1.165, 1.54) is 0 Å². The number of amidine groups is 1. The molecule has 0 saturated carbocycles. The fourth-order valence-electron chi connectivity index (χ4n) is 1.14. The van der Waals surface area contributed by atoms with Crippen LogP contribution in [0.15, 0.2) is 41.1 Å². The van der Waals surface area contributed by atoms with E-state index < -0.39 is 0 Å². The number of aliphatic imine (C=N–C) groups is 1. The molecule has 0 aliphatic carbocycles. The Kier molecular flexibility index (Phi) is 4.43. The molecule has 1 N–H and O–H groups in total. The van der Waals surface area contributed by atoms with Crippen LogP contribution in [-0.2, 0) is 0 Å². The van der Waals surface area contributed by atoms with Crippen LogP contribution >= 0.6 is 0 Å². The van der Waals surface area contributed by atoms with Crippen LogP contribution in [0.4, 0.5) is 0 Å². The van der Waals surface area contributed by atoms with E-state index in [1.54, 1.807) is 0 Å². The van der Waals surface area contributed by atoms with E-state index in [9.17, 15) is 0 Å². The van der Waals surface area contributed by atoms with Crippen molar-refractivity contribution in [3.05, 3.63) is 36.1 Å². The van der Waals surface area contributed by atoms with E-state index in [-0.39, 0.29) is 0 Å². The molecule has 2 heteroatoms. The Balaban J connectivity index is 2.57. The minimum absolute atomic E-state index is 0.946. The molecular formula is C13H16N2. The number of hydrogen-bond acceptors (Lipinski definition) is 2. The lowest BCUT2D eigenvalue weighted by Gasteiger charge is -2.08. The molecule has 1 heterocycles. The van der Waals surface area contributed by atoms with Crippen molar-refractivity contribution in [1.29, 1.82) is 0 Å². The molecule has 0 radical (unpaired) electrons. The SMILES string of the molecule is C=C(C)/C=C/C#CC1=CN=C(NC)CC1. The van der Waals surface area contributed by atoms with E-state index in [0.29, 0.717) is 0 Å². The van der Waals surface area contributed by atoms with E-state index >= 15 is 0 Å². The highest BCUT2D eigenvalue weighted by molar-refractivity contribution is 5.83. The molecule has 1 aliphatic heterocycles. The van der Waals surface area contributed by atoms with Gasteiger partial charge in [-0.15, -0.1) is 0 Å². The number of nitrogens with one attached hydrogen (secondary N) is 1. The van der Waals surface area contributed by atoms with E-state index in [4.69, 9.17) is 0 Å². The molecule has 2 nitrogen and oxygen atoms in total. The topological polar surface area (TPSA) is 24.4 Å². The first-order valence-electron chi connectivity index (χ1n) is 4.99. The van der Waals surface area contributed by atoms with Gasteiger partial charge in [0.1, 0.15) is 5.84 Å². The van der Waals surface area contributed by atoms with E-state index in [2.05, 4.69) is 28.7 Å². The summed E-state index contributed by atoms with van der Waals surface area (Å²) in [6.07, 6.45) is 7.46. The Morgan fingerprint density at radius 1 is 1.60 bits per heavy atom. The zero-order chi connectivity index (χ0) is 11.1. The minimum atomic E-state index is 0.946. The lowest BCUT2D eigenvalue weighted by molar-refractivity contribution is 0.956. The van der Waals surface area contributed by atoms with Gasteiger partial charge in [-0.2, -0.15) is 0 Å². The summed E-state index contributed by atoms with van der Waals surface area (Å²) in [7, 11) is 1.89. The molecule has 0 amide bonds. The Hall–Kier alpha value is -1.75. The molecule has 0 fully saturated rings. The molecule has 0 saturated heterocycles. The van der Waals surface area contributed by atoms with Gasteiger partial charge < -0.3 is 5.32 Å². The van der Waals surface area contributed by atoms with Gasteiger partial charge in [-0.05, 0) is 19.4 Å². The summed E-state index contributed by atoms with van der Waals surface area (Å²) in [6, 6.07) is 0. The first-order valence-corrected chi connectivity index (χ1v) is 4.99. The average Bonchev–Trinajstić information content (AvgIpc) is 2.25. The second kappa shape index (κ2) is 5.87. The number of allylic oxidation sites excluding steroid dienone is 4. The molecule has 0 aromatic heterocycles. The first kappa shape index (κ1) is 11.3. The number of nitrogens with zero attached hydrogens (tertiary/aromatic N) is 1. The molecule has 0 atom stereocenters. The second-order valence-corrected chi connectivity index (χ2v) is 3.43. The predicted octanol–water partition coefficient (Wildman–Crippen LogP) is 2.42. The van der Waals surface area contributed by atoms with Crippen molar-refractivity contribution in [1.82, 2.24) is 5.32 Å². The van der Waals surface area contributed by atoms with Gasteiger partial charge in [-0.3, -0.25) is 0 Å². The quantitative estimate of drug-likeness (QED) is 0.510. The summed E-state index contributed by atoms with van der Waals surface area (Å²) in [5, 5.41) is 3.04. The van der Waals surface area contributed by atoms with Gasteiger partial charge in [0.15, 0.2) is 0 Å². The normalized spacial score (nSPS) is 15.1. The summed E-state index contributed by atoms with van der Waals surface area (Å²) in [6.45, 7) is 5.71. The standard InChI is InChI=1S/C13H16N2/c1-11(2)6-4-5-7-12-8-9-13(14-3)15-10-12/h4,6,10H,1,8-9H2,2-3H3,(H,14,15)/b6-4+. The Bertz CT molecular complexity index is 386. The second-order valence-electron chi connectivity index (χ2n) is 3.43. The van der Waals surface area contributed by atoms with Crippen LogP contribution in [0.5, 0.6) is 0 Å². The van der Waals surface area contributed by atoms with E-state index in [0.717, 1.165) is 29.8 Å². The van der Waals surface area contributed by atoms with Gasteiger partial charge in [0.05, 0.1) is 0 Å². The van der Waals surface area contributed by atoms with Crippen molar-refractivity contribution < 1.29 is 0 Å². The first-order chi connectivity index (χ1) is 7.22. The summed E-state index contributed by atoms with van der Waals surface area (Å²) < 4.78 is 0. The fraction of sp³-hybridized carbons (Fsp3) is 0.308. The summed E-state index contributed by atoms with van der Waals surface area (Å²) >= 11 is 0. The predicted molar refractivity (Wildman–Crippen MR) is 65.5 cm³/mol. The number of rotatable bonds is 1.